The number of carbonyl (C=O) groups excluding carboxylic acids is 2. The van der Waals surface area contributed by atoms with Crippen LogP contribution in [0.15, 0.2) is 61.1 Å². The van der Waals surface area contributed by atoms with E-state index < -0.39 is 0 Å². The van der Waals surface area contributed by atoms with E-state index in [9.17, 15) is 9.59 Å². The number of nitrogens with zero attached hydrogens (tertiary/aromatic N) is 4. The normalized spacial score (nSPS) is 10.5. The average Bonchev–Trinajstić information content (AvgIpc) is 2.81. The van der Waals surface area contributed by atoms with E-state index in [0.29, 0.717) is 30.0 Å². The molecule has 0 radical (unpaired) electrons. The second-order valence-electron chi connectivity index (χ2n) is 6.96. The van der Waals surface area contributed by atoms with Crippen molar-refractivity contribution in [1.29, 1.82) is 0 Å². The average molecular weight is 438 g/mol. The van der Waals surface area contributed by atoms with Crippen LogP contribution in [0, 0.1) is 0 Å². The summed E-state index contributed by atoms with van der Waals surface area (Å²) in [6, 6.07) is 12.6. The first-order valence-electron chi connectivity index (χ1n) is 10.1. The van der Waals surface area contributed by atoms with Crippen LogP contribution in [0.2, 0.25) is 5.02 Å². The molecule has 3 rings (SSSR count). The van der Waals surface area contributed by atoms with Gasteiger partial charge < -0.3 is 10.2 Å². The number of anilines is 1. The molecular formula is C23H24ClN5O2. The molecule has 31 heavy (non-hydrogen) atoms. The van der Waals surface area contributed by atoms with Crippen LogP contribution in [0.3, 0.4) is 0 Å². The molecule has 0 aliphatic heterocycles. The van der Waals surface area contributed by atoms with E-state index in [2.05, 4.69) is 20.5 Å². The minimum absolute atomic E-state index is 0.111. The Kier molecular flexibility index (Phi) is 8.06. The van der Waals surface area contributed by atoms with Gasteiger partial charge in [0.05, 0.1) is 17.8 Å². The van der Waals surface area contributed by atoms with Gasteiger partial charge in [-0.3, -0.25) is 14.6 Å². The van der Waals surface area contributed by atoms with Crippen molar-refractivity contribution in [2.24, 2.45) is 0 Å². The monoisotopic (exact) mass is 437 g/mol. The summed E-state index contributed by atoms with van der Waals surface area (Å²) in [5.41, 5.74) is 3.01. The molecule has 1 aromatic carbocycles. The van der Waals surface area contributed by atoms with Crippen molar-refractivity contribution in [2.45, 2.75) is 26.2 Å². The lowest BCUT2D eigenvalue weighted by atomic mass is 10.0. The molecule has 160 valence electrons. The maximum atomic E-state index is 13.0. The van der Waals surface area contributed by atoms with Gasteiger partial charge in [-0.05, 0) is 67.3 Å². The van der Waals surface area contributed by atoms with Crippen LogP contribution in [-0.4, -0.2) is 40.1 Å². The number of benzene rings is 1. The van der Waals surface area contributed by atoms with Crippen molar-refractivity contribution < 1.29 is 9.59 Å². The van der Waals surface area contributed by atoms with E-state index in [1.165, 1.54) is 6.20 Å². The van der Waals surface area contributed by atoms with Crippen LogP contribution in [0.25, 0.3) is 0 Å². The summed E-state index contributed by atoms with van der Waals surface area (Å²) in [6.45, 7) is 2.42. The van der Waals surface area contributed by atoms with E-state index in [-0.39, 0.29) is 18.4 Å². The molecule has 0 spiro atoms. The minimum atomic E-state index is -0.336. The standard InChI is InChI=1S/C23H24ClN5O2/c1-2-13-29(22(30)16-26-23(31)18-5-3-11-25-15-18)21-10-8-19(24)14-17(21)7-9-20-6-4-12-27-28-20/h3-6,8,10-12,14-15H,2,7,9,13,16H2,1H3,(H,26,31). The number of hydrogen-bond acceptors (Lipinski definition) is 5. The van der Waals surface area contributed by atoms with Crippen LogP contribution in [0.5, 0.6) is 0 Å². The molecule has 0 saturated heterocycles. The molecule has 0 aliphatic carbocycles. The van der Waals surface area contributed by atoms with Gasteiger partial charge in [-0.1, -0.05) is 18.5 Å². The molecule has 0 saturated carbocycles. The number of aryl methyl sites for hydroxylation is 2. The first-order valence-corrected chi connectivity index (χ1v) is 10.5. The summed E-state index contributed by atoms with van der Waals surface area (Å²) in [4.78, 5) is 30.9. The lowest BCUT2D eigenvalue weighted by Gasteiger charge is -2.25. The lowest BCUT2D eigenvalue weighted by molar-refractivity contribution is -0.117. The summed E-state index contributed by atoms with van der Waals surface area (Å²) < 4.78 is 0. The van der Waals surface area contributed by atoms with Crippen LogP contribution >= 0.6 is 11.6 Å². The Morgan fingerprint density at radius 3 is 2.65 bits per heavy atom. The van der Waals surface area contributed by atoms with Gasteiger partial charge in [0.1, 0.15) is 0 Å². The summed E-state index contributed by atoms with van der Waals surface area (Å²) in [7, 11) is 0. The van der Waals surface area contributed by atoms with Crippen LogP contribution in [0.4, 0.5) is 5.69 Å². The first kappa shape index (κ1) is 22.4. The molecule has 3 aromatic rings. The molecular weight excluding hydrogens is 414 g/mol. The maximum Gasteiger partial charge on any atom is 0.253 e. The predicted octanol–water partition coefficient (Wildman–Crippen LogP) is 3.48. The van der Waals surface area contributed by atoms with Gasteiger partial charge in [0.15, 0.2) is 0 Å². The van der Waals surface area contributed by atoms with Gasteiger partial charge in [-0.2, -0.15) is 10.2 Å². The Morgan fingerprint density at radius 1 is 1.10 bits per heavy atom. The fraction of sp³-hybridized carbons (Fsp3) is 0.261. The number of halogens is 1. The largest absolute Gasteiger partial charge is 0.343 e. The maximum absolute atomic E-state index is 13.0. The van der Waals surface area contributed by atoms with Gasteiger partial charge >= 0.3 is 0 Å². The molecule has 0 unspecified atom stereocenters. The molecule has 0 bridgehead atoms. The molecule has 2 aromatic heterocycles. The van der Waals surface area contributed by atoms with E-state index >= 15 is 0 Å². The molecule has 8 heteroatoms. The Morgan fingerprint density at radius 2 is 1.94 bits per heavy atom. The third-order valence-electron chi connectivity index (χ3n) is 4.68. The number of amides is 2. The van der Waals surface area contributed by atoms with Crippen molar-refractivity contribution in [3.8, 4) is 0 Å². The summed E-state index contributed by atoms with van der Waals surface area (Å²) in [6.07, 6.45) is 6.79. The minimum Gasteiger partial charge on any atom is -0.343 e. The van der Waals surface area contributed by atoms with Gasteiger partial charge in [0.25, 0.3) is 5.91 Å². The molecule has 2 amide bonds. The summed E-state index contributed by atoms with van der Waals surface area (Å²) in [5.74, 6) is -0.529. The van der Waals surface area contributed by atoms with Crippen LogP contribution < -0.4 is 10.2 Å². The molecule has 0 fully saturated rings. The molecule has 2 heterocycles. The van der Waals surface area contributed by atoms with Gasteiger partial charge in [-0.15, -0.1) is 0 Å². The van der Waals surface area contributed by atoms with Gasteiger partial charge in [0.2, 0.25) is 5.91 Å². The zero-order valence-corrected chi connectivity index (χ0v) is 18.0. The zero-order chi connectivity index (χ0) is 22.1. The summed E-state index contributed by atoms with van der Waals surface area (Å²) in [5, 5.41) is 11.3. The van der Waals surface area contributed by atoms with Crippen LogP contribution in [-0.2, 0) is 17.6 Å². The number of rotatable bonds is 9. The third-order valence-corrected chi connectivity index (χ3v) is 4.92. The fourth-order valence-corrected chi connectivity index (χ4v) is 3.40. The second-order valence-corrected chi connectivity index (χ2v) is 7.39. The highest BCUT2D eigenvalue weighted by atomic mass is 35.5. The van der Waals surface area contributed by atoms with Gasteiger partial charge in [0, 0.05) is 35.8 Å². The van der Waals surface area contributed by atoms with E-state index in [0.717, 1.165) is 23.4 Å². The lowest BCUT2D eigenvalue weighted by Crippen LogP contribution is -2.41. The summed E-state index contributed by atoms with van der Waals surface area (Å²) >= 11 is 6.24. The smallest absolute Gasteiger partial charge is 0.253 e. The topological polar surface area (TPSA) is 88.1 Å². The van der Waals surface area contributed by atoms with Crippen molar-refractivity contribution in [3.63, 3.8) is 0 Å². The number of carbonyl (C=O) groups is 2. The number of aromatic nitrogens is 3. The van der Waals surface area contributed by atoms with E-state index in [4.69, 9.17) is 11.6 Å². The molecule has 1 N–H and O–H groups in total. The van der Waals surface area contributed by atoms with Crippen molar-refractivity contribution in [2.75, 3.05) is 18.0 Å². The van der Waals surface area contributed by atoms with Crippen molar-refractivity contribution in [1.82, 2.24) is 20.5 Å². The number of nitrogens with one attached hydrogen (secondary N) is 1. The highest BCUT2D eigenvalue weighted by Crippen LogP contribution is 2.26. The highest BCUT2D eigenvalue weighted by molar-refractivity contribution is 6.30. The van der Waals surface area contributed by atoms with E-state index in [1.807, 2.05) is 31.2 Å². The second kappa shape index (κ2) is 11.2. The highest BCUT2D eigenvalue weighted by Gasteiger charge is 2.19. The Bertz CT molecular complexity index is 1010. The predicted molar refractivity (Wildman–Crippen MR) is 120 cm³/mol. The van der Waals surface area contributed by atoms with Crippen LogP contribution in [0.1, 0.15) is 35.0 Å². The quantitative estimate of drug-likeness (QED) is 0.553. The third kappa shape index (κ3) is 6.33. The fourth-order valence-electron chi connectivity index (χ4n) is 3.20. The Balaban J connectivity index is 1.74. The number of hydrogen-bond donors (Lipinski definition) is 1. The SMILES string of the molecule is CCCN(C(=O)CNC(=O)c1cccnc1)c1ccc(Cl)cc1CCc1cccnn1. The number of pyridine rings is 1. The van der Waals surface area contributed by atoms with Crippen molar-refractivity contribution in [3.05, 3.63) is 82.9 Å². The van der Waals surface area contributed by atoms with Crippen molar-refractivity contribution >= 4 is 29.1 Å². The Labute approximate surface area is 186 Å². The van der Waals surface area contributed by atoms with E-state index in [1.54, 1.807) is 35.5 Å². The zero-order valence-electron chi connectivity index (χ0n) is 17.3. The molecule has 7 nitrogen and oxygen atoms in total. The van der Waals surface area contributed by atoms with Gasteiger partial charge in [-0.25, -0.2) is 0 Å². The molecule has 0 atom stereocenters. The Hall–Kier alpha value is -3.32. The first-order chi connectivity index (χ1) is 15.1. The molecule has 0 aliphatic rings.